The molecule has 3 rings (SSSR count). The fourth-order valence-corrected chi connectivity index (χ4v) is 3.05. The van der Waals surface area contributed by atoms with Crippen molar-refractivity contribution in [2.45, 2.75) is 45.2 Å². The van der Waals surface area contributed by atoms with Crippen molar-refractivity contribution in [1.82, 2.24) is 10.2 Å². The van der Waals surface area contributed by atoms with E-state index in [1.54, 1.807) is 6.26 Å². The third-order valence-electron chi connectivity index (χ3n) is 4.54. The van der Waals surface area contributed by atoms with E-state index >= 15 is 0 Å². The number of likely N-dealkylation sites (tertiary alicyclic amines) is 1. The van der Waals surface area contributed by atoms with Crippen molar-refractivity contribution >= 4 is 11.8 Å². The van der Waals surface area contributed by atoms with Crippen LogP contribution < -0.4 is 5.32 Å². The zero-order valence-electron chi connectivity index (χ0n) is 14.5. The normalized spacial score (nSPS) is 15.4. The zero-order chi connectivity index (χ0) is 17.6. The van der Waals surface area contributed by atoms with Gasteiger partial charge >= 0.3 is 0 Å². The summed E-state index contributed by atoms with van der Waals surface area (Å²) in [5, 5.41) is 3.01. The molecule has 0 bridgehead atoms. The Morgan fingerprint density at radius 3 is 2.72 bits per heavy atom. The lowest BCUT2D eigenvalue weighted by molar-refractivity contribution is -0.128. The summed E-state index contributed by atoms with van der Waals surface area (Å²) in [4.78, 5) is 25.9. The number of benzene rings is 1. The molecule has 5 heteroatoms. The zero-order valence-corrected chi connectivity index (χ0v) is 14.5. The molecule has 5 nitrogen and oxygen atoms in total. The van der Waals surface area contributed by atoms with E-state index in [-0.39, 0.29) is 17.9 Å². The van der Waals surface area contributed by atoms with E-state index < -0.39 is 0 Å². The molecule has 1 aliphatic rings. The van der Waals surface area contributed by atoms with Gasteiger partial charge in [0, 0.05) is 37.5 Å². The van der Waals surface area contributed by atoms with Crippen molar-refractivity contribution in [3.63, 3.8) is 0 Å². The first-order chi connectivity index (χ1) is 12.1. The van der Waals surface area contributed by atoms with Crippen molar-refractivity contribution in [2.24, 2.45) is 0 Å². The maximum atomic E-state index is 12.3. The van der Waals surface area contributed by atoms with Crippen molar-refractivity contribution < 1.29 is 14.0 Å². The number of furan rings is 1. The Morgan fingerprint density at radius 1 is 1.28 bits per heavy atom. The van der Waals surface area contributed by atoms with Crippen LogP contribution in [0.25, 0.3) is 0 Å². The summed E-state index contributed by atoms with van der Waals surface area (Å²) in [7, 11) is 0. The van der Waals surface area contributed by atoms with Crippen LogP contribution in [0, 0.1) is 0 Å². The highest BCUT2D eigenvalue weighted by atomic mass is 16.3. The van der Waals surface area contributed by atoms with Gasteiger partial charge in [-0.15, -0.1) is 0 Å². The van der Waals surface area contributed by atoms with E-state index in [4.69, 9.17) is 4.42 Å². The van der Waals surface area contributed by atoms with Gasteiger partial charge < -0.3 is 14.6 Å². The molecule has 1 saturated heterocycles. The molecule has 0 radical (unpaired) electrons. The van der Waals surface area contributed by atoms with Crippen LogP contribution >= 0.6 is 0 Å². The molecule has 0 aliphatic carbocycles. The quantitative estimate of drug-likeness (QED) is 0.842. The number of carbonyl (C=O) groups is 2. The average molecular weight is 340 g/mol. The molecule has 1 atom stereocenters. The topological polar surface area (TPSA) is 62.6 Å². The van der Waals surface area contributed by atoms with Crippen molar-refractivity contribution in [3.8, 4) is 0 Å². The third-order valence-corrected chi connectivity index (χ3v) is 4.54. The first-order valence-electron chi connectivity index (χ1n) is 8.82. The standard InChI is InChI=1S/C20H24N2O3/c1-15(6-11-18-4-3-13-25-18)21-20(24)17-9-7-16(8-10-17)14-22-12-2-5-19(22)23/h3-4,7-10,13,15H,2,5-6,11-12,14H2,1H3,(H,21,24). The first-order valence-corrected chi connectivity index (χ1v) is 8.82. The Bertz CT molecular complexity index is 707. The van der Waals surface area contributed by atoms with Gasteiger partial charge in [0.15, 0.2) is 0 Å². The fourth-order valence-electron chi connectivity index (χ4n) is 3.05. The number of hydrogen-bond acceptors (Lipinski definition) is 3. The van der Waals surface area contributed by atoms with Gasteiger partial charge in [-0.05, 0) is 49.6 Å². The molecule has 132 valence electrons. The van der Waals surface area contributed by atoms with Gasteiger partial charge in [-0.3, -0.25) is 9.59 Å². The van der Waals surface area contributed by atoms with Crippen LogP contribution in [0.15, 0.2) is 47.1 Å². The lowest BCUT2D eigenvalue weighted by atomic mass is 10.1. The van der Waals surface area contributed by atoms with E-state index in [0.717, 1.165) is 37.1 Å². The third kappa shape index (κ3) is 4.72. The first kappa shape index (κ1) is 17.3. The SMILES string of the molecule is CC(CCc1ccco1)NC(=O)c1ccc(CN2CCCC2=O)cc1. The predicted octanol–water partition coefficient (Wildman–Crippen LogP) is 3.15. The lowest BCUT2D eigenvalue weighted by Gasteiger charge is -2.16. The number of aryl methyl sites for hydroxylation is 1. The minimum Gasteiger partial charge on any atom is -0.469 e. The minimum atomic E-state index is -0.0734. The highest BCUT2D eigenvalue weighted by Crippen LogP contribution is 2.15. The molecular formula is C20H24N2O3. The van der Waals surface area contributed by atoms with E-state index in [9.17, 15) is 9.59 Å². The van der Waals surface area contributed by atoms with Gasteiger partial charge in [0.2, 0.25) is 5.91 Å². The van der Waals surface area contributed by atoms with E-state index in [2.05, 4.69) is 5.32 Å². The maximum Gasteiger partial charge on any atom is 0.251 e. The Kier molecular flexibility index (Phi) is 5.53. The van der Waals surface area contributed by atoms with Crippen LogP contribution in [0.3, 0.4) is 0 Å². The van der Waals surface area contributed by atoms with E-state index in [0.29, 0.717) is 18.5 Å². The van der Waals surface area contributed by atoms with Gasteiger partial charge in [-0.25, -0.2) is 0 Å². The summed E-state index contributed by atoms with van der Waals surface area (Å²) >= 11 is 0. The number of rotatable bonds is 7. The monoisotopic (exact) mass is 340 g/mol. The van der Waals surface area contributed by atoms with Crippen LogP contribution in [0.2, 0.25) is 0 Å². The highest BCUT2D eigenvalue weighted by molar-refractivity contribution is 5.94. The van der Waals surface area contributed by atoms with Crippen molar-refractivity contribution in [1.29, 1.82) is 0 Å². The van der Waals surface area contributed by atoms with Gasteiger partial charge in [0.1, 0.15) is 5.76 Å². The number of amides is 2. The summed E-state index contributed by atoms with van der Waals surface area (Å²) in [5.74, 6) is 1.07. The molecule has 1 unspecified atom stereocenters. The second kappa shape index (κ2) is 8.01. The maximum absolute atomic E-state index is 12.3. The predicted molar refractivity (Wildman–Crippen MR) is 95.1 cm³/mol. The van der Waals surface area contributed by atoms with Crippen molar-refractivity contribution in [2.75, 3.05) is 6.54 Å². The molecule has 1 aromatic carbocycles. The van der Waals surface area contributed by atoms with Crippen LogP contribution in [-0.4, -0.2) is 29.3 Å². The molecule has 1 aromatic heterocycles. The fraction of sp³-hybridized carbons (Fsp3) is 0.400. The molecule has 1 N–H and O–H groups in total. The van der Waals surface area contributed by atoms with Crippen molar-refractivity contribution in [3.05, 3.63) is 59.5 Å². The number of hydrogen-bond donors (Lipinski definition) is 1. The van der Waals surface area contributed by atoms with E-state index in [1.807, 2.05) is 48.2 Å². The Balaban J connectivity index is 1.49. The van der Waals surface area contributed by atoms with E-state index in [1.165, 1.54) is 0 Å². The molecule has 2 amide bonds. The highest BCUT2D eigenvalue weighted by Gasteiger charge is 2.20. The van der Waals surface area contributed by atoms with Crippen LogP contribution in [-0.2, 0) is 17.8 Å². The Labute approximate surface area is 148 Å². The van der Waals surface area contributed by atoms with Crippen LogP contribution in [0.1, 0.15) is 47.9 Å². The second-order valence-electron chi connectivity index (χ2n) is 6.61. The molecule has 0 spiro atoms. The average Bonchev–Trinajstić information content (AvgIpc) is 3.26. The number of nitrogens with one attached hydrogen (secondary N) is 1. The smallest absolute Gasteiger partial charge is 0.251 e. The summed E-state index contributed by atoms with van der Waals surface area (Å²) in [6.45, 7) is 3.45. The van der Waals surface area contributed by atoms with Crippen LogP contribution in [0.5, 0.6) is 0 Å². The largest absolute Gasteiger partial charge is 0.469 e. The summed E-state index contributed by atoms with van der Waals surface area (Å²) in [6.07, 6.45) is 4.88. The Morgan fingerprint density at radius 2 is 2.08 bits per heavy atom. The summed E-state index contributed by atoms with van der Waals surface area (Å²) in [5.41, 5.74) is 1.69. The van der Waals surface area contributed by atoms with Crippen LogP contribution in [0.4, 0.5) is 0 Å². The van der Waals surface area contributed by atoms with Gasteiger partial charge in [0.05, 0.1) is 6.26 Å². The number of carbonyl (C=O) groups excluding carboxylic acids is 2. The molecule has 1 aliphatic heterocycles. The number of nitrogens with zero attached hydrogens (tertiary/aromatic N) is 1. The minimum absolute atomic E-state index is 0.0690. The molecular weight excluding hydrogens is 316 g/mol. The summed E-state index contributed by atoms with van der Waals surface area (Å²) < 4.78 is 5.31. The molecule has 1 fully saturated rings. The lowest BCUT2D eigenvalue weighted by Crippen LogP contribution is -2.32. The molecule has 0 saturated carbocycles. The molecule has 2 aromatic rings. The van der Waals surface area contributed by atoms with Gasteiger partial charge in [-0.2, -0.15) is 0 Å². The Hall–Kier alpha value is -2.56. The molecule has 25 heavy (non-hydrogen) atoms. The summed E-state index contributed by atoms with van der Waals surface area (Å²) in [6, 6.07) is 11.4. The molecule has 2 heterocycles. The second-order valence-corrected chi connectivity index (χ2v) is 6.61. The van der Waals surface area contributed by atoms with Gasteiger partial charge in [0.25, 0.3) is 5.91 Å². The van der Waals surface area contributed by atoms with Gasteiger partial charge in [-0.1, -0.05) is 12.1 Å².